The van der Waals surface area contributed by atoms with Crippen LogP contribution in [0.15, 0.2) is 29.3 Å². The number of anilines is 1. The van der Waals surface area contributed by atoms with E-state index in [0.29, 0.717) is 6.42 Å². The molecule has 0 aromatic heterocycles. The molecule has 142 valence electrons. The number of piperidine rings is 1. The molecule has 0 radical (unpaired) electrons. The van der Waals surface area contributed by atoms with E-state index in [-0.39, 0.29) is 5.91 Å². The fraction of sp³-hybridized carbons (Fsp3) is 0.600. The summed E-state index contributed by atoms with van der Waals surface area (Å²) in [4.78, 5) is 20.4. The van der Waals surface area contributed by atoms with Crippen molar-refractivity contribution in [1.29, 1.82) is 0 Å². The Hall–Kier alpha value is -2.08. The van der Waals surface area contributed by atoms with Crippen molar-refractivity contribution in [2.75, 3.05) is 45.2 Å². The Morgan fingerprint density at radius 2 is 1.88 bits per heavy atom. The third kappa shape index (κ3) is 4.97. The summed E-state index contributed by atoms with van der Waals surface area (Å²) in [5.74, 6) is 1.80. The largest absolute Gasteiger partial charge is 0.356 e. The topological polar surface area (TPSA) is 60.0 Å². The Morgan fingerprint density at radius 1 is 1.15 bits per heavy atom. The summed E-state index contributed by atoms with van der Waals surface area (Å²) in [7, 11) is 4.00. The van der Waals surface area contributed by atoms with Crippen molar-refractivity contribution < 1.29 is 4.79 Å². The lowest BCUT2D eigenvalue weighted by molar-refractivity contribution is -0.117. The Balaban J connectivity index is 1.44. The van der Waals surface area contributed by atoms with Gasteiger partial charge in [-0.1, -0.05) is 12.1 Å². The van der Waals surface area contributed by atoms with E-state index in [4.69, 9.17) is 0 Å². The van der Waals surface area contributed by atoms with Crippen LogP contribution in [0.3, 0.4) is 0 Å². The summed E-state index contributed by atoms with van der Waals surface area (Å²) < 4.78 is 0. The van der Waals surface area contributed by atoms with Gasteiger partial charge in [-0.25, -0.2) is 0 Å². The molecule has 2 aliphatic rings. The van der Waals surface area contributed by atoms with E-state index >= 15 is 0 Å². The molecule has 2 fully saturated rings. The van der Waals surface area contributed by atoms with Crippen molar-refractivity contribution in [3.63, 3.8) is 0 Å². The lowest BCUT2D eigenvalue weighted by atomic mass is 9.97. The number of guanidine groups is 1. The minimum absolute atomic E-state index is 0.231. The van der Waals surface area contributed by atoms with E-state index < -0.39 is 0 Å². The van der Waals surface area contributed by atoms with Crippen LogP contribution in [0.5, 0.6) is 0 Å². The molecule has 3 rings (SSSR count). The van der Waals surface area contributed by atoms with Gasteiger partial charge in [0.1, 0.15) is 0 Å². The molecular formula is C20H31N5O. The quantitative estimate of drug-likeness (QED) is 0.623. The molecule has 26 heavy (non-hydrogen) atoms. The van der Waals surface area contributed by atoms with E-state index in [0.717, 1.165) is 43.6 Å². The molecule has 1 aromatic rings. The summed E-state index contributed by atoms with van der Waals surface area (Å²) in [5.41, 5.74) is 2.18. The number of carbonyl (C=O) groups is 1. The highest BCUT2D eigenvalue weighted by atomic mass is 16.2. The second kappa shape index (κ2) is 9.03. The molecule has 2 N–H and O–H groups in total. The number of hydrogen-bond donors (Lipinski definition) is 2. The van der Waals surface area contributed by atoms with Gasteiger partial charge in [0, 0.05) is 38.8 Å². The lowest BCUT2D eigenvalue weighted by Gasteiger charge is -2.29. The van der Waals surface area contributed by atoms with E-state index in [2.05, 4.69) is 39.7 Å². The summed E-state index contributed by atoms with van der Waals surface area (Å²) in [6, 6.07) is 8.24. The number of amides is 1. The number of carbonyl (C=O) groups excluding carboxylic acids is 1. The molecule has 2 saturated heterocycles. The molecule has 2 heterocycles. The fourth-order valence-electron chi connectivity index (χ4n) is 3.63. The van der Waals surface area contributed by atoms with Gasteiger partial charge in [0.25, 0.3) is 0 Å². The van der Waals surface area contributed by atoms with Crippen LogP contribution in [0, 0.1) is 5.92 Å². The van der Waals surface area contributed by atoms with Crippen LogP contribution in [0.1, 0.15) is 31.2 Å². The van der Waals surface area contributed by atoms with Gasteiger partial charge in [-0.3, -0.25) is 9.79 Å². The fourth-order valence-corrected chi connectivity index (χ4v) is 3.63. The van der Waals surface area contributed by atoms with Gasteiger partial charge < -0.3 is 20.4 Å². The van der Waals surface area contributed by atoms with Gasteiger partial charge in [0.2, 0.25) is 5.91 Å². The summed E-state index contributed by atoms with van der Waals surface area (Å²) in [6.07, 6.45) is 4.12. The van der Waals surface area contributed by atoms with Crippen LogP contribution in [0.25, 0.3) is 0 Å². The van der Waals surface area contributed by atoms with Gasteiger partial charge in [-0.05, 0) is 63.0 Å². The molecule has 1 aromatic carbocycles. The van der Waals surface area contributed by atoms with Gasteiger partial charge >= 0.3 is 0 Å². The predicted octanol–water partition coefficient (Wildman–Crippen LogP) is 1.82. The maximum absolute atomic E-state index is 11.8. The Bertz CT molecular complexity index is 620. The highest BCUT2D eigenvalue weighted by Gasteiger charge is 2.21. The Kier molecular flexibility index (Phi) is 6.50. The molecule has 0 spiro atoms. The highest BCUT2D eigenvalue weighted by Crippen LogP contribution is 2.21. The van der Waals surface area contributed by atoms with Gasteiger partial charge in [-0.15, -0.1) is 0 Å². The molecule has 0 saturated carbocycles. The average molecular weight is 358 g/mol. The second-order valence-corrected chi connectivity index (χ2v) is 7.37. The Morgan fingerprint density at radius 3 is 2.50 bits per heavy atom. The number of hydrogen-bond acceptors (Lipinski definition) is 3. The number of likely N-dealkylation sites (tertiary alicyclic amines) is 1. The van der Waals surface area contributed by atoms with Crippen molar-refractivity contribution >= 4 is 17.6 Å². The molecule has 0 atom stereocenters. The second-order valence-electron chi connectivity index (χ2n) is 7.37. The van der Waals surface area contributed by atoms with Crippen molar-refractivity contribution in [3.05, 3.63) is 29.8 Å². The maximum atomic E-state index is 11.8. The summed E-state index contributed by atoms with van der Waals surface area (Å²) in [6.45, 7) is 4.91. The number of rotatable bonds is 5. The van der Waals surface area contributed by atoms with E-state index in [1.807, 2.05) is 24.1 Å². The lowest BCUT2D eigenvalue weighted by Crippen LogP contribution is -2.42. The predicted molar refractivity (Wildman–Crippen MR) is 106 cm³/mol. The minimum Gasteiger partial charge on any atom is -0.356 e. The molecular weight excluding hydrogens is 326 g/mol. The molecule has 1 amide bonds. The zero-order valence-corrected chi connectivity index (χ0v) is 16.0. The summed E-state index contributed by atoms with van der Waals surface area (Å²) >= 11 is 0. The van der Waals surface area contributed by atoms with E-state index in [1.54, 1.807) is 0 Å². The number of nitrogens with zero attached hydrogens (tertiary/aromatic N) is 3. The number of benzene rings is 1. The van der Waals surface area contributed by atoms with Crippen molar-refractivity contribution in [1.82, 2.24) is 15.5 Å². The molecule has 6 heteroatoms. The van der Waals surface area contributed by atoms with Crippen molar-refractivity contribution in [3.8, 4) is 0 Å². The molecule has 2 aliphatic heterocycles. The number of aliphatic imine (C=N–C) groups is 1. The van der Waals surface area contributed by atoms with Crippen LogP contribution in [0.2, 0.25) is 0 Å². The first-order chi connectivity index (χ1) is 12.7. The first kappa shape index (κ1) is 18.7. The van der Waals surface area contributed by atoms with Crippen LogP contribution in [-0.2, 0) is 11.3 Å². The zero-order valence-electron chi connectivity index (χ0n) is 16.0. The SMILES string of the molecule is CN=C(NCc1ccc(N2CCCC2=O)cc1)NCC1CCN(C)CC1. The van der Waals surface area contributed by atoms with Gasteiger partial charge in [-0.2, -0.15) is 0 Å². The monoisotopic (exact) mass is 357 g/mol. The van der Waals surface area contributed by atoms with Gasteiger partial charge in [0.05, 0.1) is 0 Å². The normalized spacial score (nSPS) is 19.8. The third-order valence-corrected chi connectivity index (χ3v) is 5.40. The smallest absolute Gasteiger partial charge is 0.227 e. The summed E-state index contributed by atoms with van der Waals surface area (Å²) in [5, 5.41) is 6.83. The molecule has 0 aliphatic carbocycles. The maximum Gasteiger partial charge on any atom is 0.227 e. The standard InChI is InChI=1S/C20H31N5O/c1-21-20(23-15-17-9-12-24(2)13-10-17)22-14-16-5-7-18(8-6-16)25-11-3-4-19(25)26/h5-8,17H,3-4,9-15H2,1-2H3,(H2,21,22,23). The number of nitrogens with one attached hydrogen (secondary N) is 2. The van der Waals surface area contributed by atoms with Crippen LogP contribution < -0.4 is 15.5 Å². The first-order valence-electron chi connectivity index (χ1n) is 9.68. The van der Waals surface area contributed by atoms with Crippen molar-refractivity contribution in [2.45, 2.75) is 32.2 Å². The molecule has 0 unspecified atom stereocenters. The van der Waals surface area contributed by atoms with E-state index in [1.165, 1.54) is 31.5 Å². The first-order valence-corrected chi connectivity index (χ1v) is 9.68. The zero-order chi connectivity index (χ0) is 18.4. The minimum atomic E-state index is 0.231. The average Bonchev–Trinajstić information content (AvgIpc) is 3.10. The van der Waals surface area contributed by atoms with Crippen molar-refractivity contribution in [2.24, 2.45) is 10.9 Å². The highest BCUT2D eigenvalue weighted by molar-refractivity contribution is 5.95. The van der Waals surface area contributed by atoms with Gasteiger partial charge in [0.15, 0.2) is 5.96 Å². The van der Waals surface area contributed by atoms with E-state index in [9.17, 15) is 4.79 Å². The molecule has 6 nitrogen and oxygen atoms in total. The van der Waals surface area contributed by atoms with Crippen LogP contribution in [-0.4, -0.2) is 57.0 Å². The Labute approximate surface area is 156 Å². The third-order valence-electron chi connectivity index (χ3n) is 5.40. The van der Waals surface area contributed by atoms with Crippen LogP contribution in [0.4, 0.5) is 5.69 Å². The van der Waals surface area contributed by atoms with Crippen LogP contribution >= 0.6 is 0 Å². The molecule has 0 bridgehead atoms.